The Labute approximate surface area is 134 Å². The van der Waals surface area contributed by atoms with Gasteiger partial charge in [0.15, 0.2) is 5.65 Å². The van der Waals surface area contributed by atoms with Gasteiger partial charge in [-0.2, -0.15) is 0 Å². The number of aromatic amines is 1. The molecular weight excluding hydrogens is 294 g/mol. The lowest BCUT2D eigenvalue weighted by atomic mass is 10.0. The van der Waals surface area contributed by atoms with E-state index in [2.05, 4.69) is 20.7 Å². The van der Waals surface area contributed by atoms with Crippen LogP contribution in [0.5, 0.6) is 0 Å². The number of hydrogen-bond acceptors (Lipinski definition) is 4. The second kappa shape index (κ2) is 6.16. The second-order valence-corrected chi connectivity index (χ2v) is 6.27. The highest BCUT2D eigenvalue weighted by molar-refractivity contribution is 5.84. The van der Waals surface area contributed by atoms with Crippen LogP contribution in [0.3, 0.4) is 0 Å². The predicted molar refractivity (Wildman–Crippen MR) is 88.5 cm³/mol. The summed E-state index contributed by atoms with van der Waals surface area (Å²) in [4.78, 5) is 28.9. The quantitative estimate of drug-likeness (QED) is 0.759. The van der Waals surface area contributed by atoms with Gasteiger partial charge in [0.25, 0.3) is 5.56 Å². The zero-order chi connectivity index (χ0) is 16.6. The lowest BCUT2D eigenvalue weighted by molar-refractivity contribution is -0.121. The number of nitrogens with zero attached hydrogens (tertiary/aromatic N) is 2. The molecule has 0 spiro atoms. The molecular formula is C16H23N5O2. The topological polar surface area (TPSA) is 91.8 Å². The molecule has 0 saturated carbocycles. The van der Waals surface area contributed by atoms with E-state index in [1.54, 1.807) is 11.7 Å². The van der Waals surface area contributed by atoms with E-state index in [1.165, 1.54) is 0 Å². The first-order chi connectivity index (χ1) is 11.0. The molecule has 2 aromatic heterocycles. The first kappa shape index (κ1) is 15.7. The van der Waals surface area contributed by atoms with Crippen molar-refractivity contribution in [3.05, 3.63) is 27.2 Å². The van der Waals surface area contributed by atoms with Crippen LogP contribution >= 0.6 is 0 Å². The van der Waals surface area contributed by atoms with E-state index in [-0.39, 0.29) is 23.9 Å². The molecule has 7 nitrogen and oxygen atoms in total. The summed E-state index contributed by atoms with van der Waals surface area (Å²) in [6.07, 6.45) is 2.18. The normalized spacial score (nSPS) is 16.0. The highest BCUT2D eigenvalue weighted by Gasteiger charge is 2.19. The third-order valence-electron chi connectivity index (χ3n) is 4.62. The molecule has 0 radical (unpaired) electrons. The summed E-state index contributed by atoms with van der Waals surface area (Å²) in [5.41, 5.74) is 2.96. The number of aryl methyl sites for hydroxylation is 3. The number of fused-ring (bicyclic) bond motifs is 1. The van der Waals surface area contributed by atoms with Crippen LogP contribution < -0.4 is 16.2 Å². The minimum Gasteiger partial charge on any atom is -0.353 e. The average Bonchev–Trinajstić information content (AvgIpc) is 2.79. The van der Waals surface area contributed by atoms with Gasteiger partial charge in [-0.25, -0.2) is 4.98 Å². The largest absolute Gasteiger partial charge is 0.353 e. The molecule has 3 heterocycles. The van der Waals surface area contributed by atoms with Gasteiger partial charge < -0.3 is 10.6 Å². The standard InChI is InChI=1S/C16H23N5O2/c1-9-12(8-13(22)19-11-4-6-17-7-5-11)10(2)18-15-14(9)16(23)20-21(15)3/h11,17H,4-8H2,1-3H3,(H,19,22)(H,20,23). The zero-order valence-corrected chi connectivity index (χ0v) is 13.8. The smallest absolute Gasteiger partial charge is 0.273 e. The Hall–Kier alpha value is -2.15. The summed E-state index contributed by atoms with van der Waals surface area (Å²) >= 11 is 0. The Balaban J connectivity index is 1.86. The van der Waals surface area contributed by atoms with Crippen LogP contribution in [-0.4, -0.2) is 39.8 Å². The molecule has 0 aliphatic carbocycles. The van der Waals surface area contributed by atoms with Gasteiger partial charge >= 0.3 is 0 Å². The zero-order valence-electron chi connectivity index (χ0n) is 13.8. The number of nitrogens with one attached hydrogen (secondary N) is 3. The van der Waals surface area contributed by atoms with Crippen LogP contribution in [0.1, 0.15) is 29.7 Å². The summed E-state index contributed by atoms with van der Waals surface area (Å²) in [5.74, 6) is -0.00314. The highest BCUT2D eigenvalue weighted by atomic mass is 16.1. The molecule has 1 aliphatic rings. The van der Waals surface area contributed by atoms with Gasteiger partial charge in [-0.3, -0.25) is 19.4 Å². The van der Waals surface area contributed by atoms with E-state index in [0.29, 0.717) is 11.0 Å². The van der Waals surface area contributed by atoms with Crippen molar-refractivity contribution in [2.75, 3.05) is 13.1 Å². The molecule has 0 aromatic carbocycles. The van der Waals surface area contributed by atoms with Crippen LogP contribution in [-0.2, 0) is 18.3 Å². The monoisotopic (exact) mass is 317 g/mol. The number of rotatable bonds is 3. The van der Waals surface area contributed by atoms with E-state index in [4.69, 9.17) is 0 Å². The van der Waals surface area contributed by atoms with Crippen molar-refractivity contribution in [1.82, 2.24) is 25.4 Å². The highest BCUT2D eigenvalue weighted by Crippen LogP contribution is 2.20. The summed E-state index contributed by atoms with van der Waals surface area (Å²) in [5, 5.41) is 9.67. The van der Waals surface area contributed by atoms with Gasteiger partial charge in [0.1, 0.15) is 0 Å². The maximum atomic E-state index is 12.4. The summed E-state index contributed by atoms with van der Waals surface area (Å²) in [6, 6.07) is 0.237. The lowest BCUT2D eigenvalue weighted by Gasteiger charge is -2.24. The Bertz CT molecular complexity index is 799. The second-order valence-electron chi connectivity index (χ2n) is 6.27. The summed E-state index contributed by atoms with van der Waals surface area (Å²) < 4.78 is 1.62. The van der Waals surface area contributed by atoms with E-state index < -0.39 is 0 Å². The SMILES string of the molecule is Cc1nc2c(c(C)c1CC(=O)NC1CCNCC1)c(=O)[nH]n2C. The number of H-pyrrole nitrogens is 1. The van der Waals surface area contributed by atoms with Crippen LogP contribution in [0, 0.1) is 13.8 Å². The third-order valence-corrected chi connectivity index (χ3v) is 4.62. The maximum absolute atomic E-state index is 12.4. The van der Waals surface area contributed by atoms with Gasteiger partial charge in [0.2, 0.25) is 5.91 Å². The number of hydrogen-bond donors (Lipinski definition) is 3. The Morgan fingerprint density at radius 2 is 2.04 bits per heavy atom. The Kier molecular flexibility index (Phi) is 4.21. The van der Waals surface area contributed by atoms with Gasteiger partial charge in [0.05, 0.1) is 11.8 Å². The number of amides is 1. The minimum absolute atomic E-state index is 0.00314. The van der Waals surface area contributed by atoms with E-state index >= 15 is 0 Å². The van der Waals surface area contributed by atoms with Crippen LogP contribution in [0.4, 0.5) is 0 Å². The molecule has 1 saturated heterocycles. The van der Waals surface area contributed by atoms with Crippen molar-refractivity contribution in [2.24, 2.45) is 7.05 Å². The molecule has 23 heavy (non-hydrogen) atoms. The summed E-state index contributed by atoms with van der Waals surface area (Å²) in [6.45, 7) is 5.66. The predicted octanol–water partition coefficient (Wildman–Crippen LogP) is 0.289. The lowest BCUT2D eigenvalue weighted by Crippen LogP contribution is -2.43. The number of carbonyl (C=O) groups excluding carboxylic acids is 1. The molecule has 0 bridgehead atoms. The van der Waals surface area contributed by atoms with Crippen molar-refractivity contribution in [1.29, 1.82) is 0 Å². The fourth-order valence-corrected chi connectivity index (χ4v) is 3.31. The molecule has 1 fully saturated rings. The van der Waals surface area contributed by atoms with E-state index in [1.807, 2.05) is 13.8 Å². The van der Waals surface area contributed by atoms with Crippen LogP contribution in [0.15, 0.2) is 4.79 Å². The van der Waals surface area contributed by atoms with Crippen molar-refractivity contribution in [3.63, 3.8) is 0 Å². The third kappa shape index (κ3) is 3.01. The van der Waals surface area contributed by atoms with Crippen molar-refractivity contribution in [2.45, 2.75) is 39.2 Å². The number of aromatic nitrogens is 3. The van der Waals surface area contributed by atoms with Gasteiger partial charge in [-0.1, -0.05) is 0 Å². The molecule has 0 unspecified atom stereocenters. The number of pyridine rings is 1. The molecule has 3 rings (SSSR count). The van der Waals surface area contributed by atoms with Crippen LogP contribution in [0.25, 0.3) is 11.0 Å². The molecule has 1 aliphatic heterocycles. The van der Waals surface area contributed by atoms with Gasteiger partial charge in [0, 0.05) is 18.8 Å². The average molecular weight is 317 g/mol. The molecule has 124 valence electrons. The molecule has 3 N–H and O–H groups in total. The van der Waals surface area contributed by atoms with E-state index in [0.717, 1.165) is 42.8 Å². The Morgan fingerprint density at radius 3 is 2.74 bits per heavy atom. The molecule has 2 aromatic rings. The number of piperidine rings is 1. The number of carbonyl (C=O) groups is 1. The van der Waals surface area contributed by atoms with Crippen molar-refractivity contribution < 1.29 is 4.79 Å². The summed E-state index contributed by atoms with van der Waals surface area (Å²) in [7, 11) is 1.76. The Morgan fingerprint density at radius 1 is 1.35 bits per heavy atom. The van der Waals surface area contributed by atoms with Gasteiger partial charge in [-0.05, 0) is 50.9 Å². The molecule has 0 atom stereocenters. The van der Waals surface area contributed by atoms with Crippen molar-refractivity contribution in [3.8, 4) is 0 Å². The van der Waals surface area contributed by atoms with E-state index in [9.17, 15) is 9.59 Å². The maximum Gasteiger partial charge on any atom is 0.273 e. The van der Waals surface area contributed by atoms with Gasteiger partial charge in [-0.15, -0.1) is 0 Å². The van der Waals surface area contributed by atoms with Crippen molar-refractivity contribution >= 4 is 16.9 Å². The first-order valence-corrected chi connectivity index (χ1v) is 8.02. The first-order valence-electron chi connectivity index (χ1n) is 8.02. The van der Waals surface area contributed by atoms with Crippen LogP contribution in [0.2, 0.25) is 0 Å². The fourth-order valence-electron chi connectivity index (χ4n) is 3.31. The molecule has 7 heteroatoms. The fraction of sp³-hybridized carbons (Fsp3) is 0.562. The molecule has 1 amide bonds. The minimum atomic E-state index is -0.160.